The quantitative estimate of drug-likeness (QED) is 0.922. The molecule has 1 heterocycles. The van der Waals surface area contributed by atoms with Crippen molar-refractivity contribution >= 4 is 11.8 Å². The van der Waals surface area contributed by atoms with Crippen LogP contribution in [0.3, 0.4) is 0 Å². The summed E-state index contributed by atoms with van der Waals surface area (Å²) in [6.45, 7) is 0.801. The van der Waals surface area contributed by atoms with E-state index in [2.05, 4.69) is 17.6 Å². The van der Waals surface area contributed by atoms with E-state index in [1.54, 1.807) is 7.11 Å². The van der Waals surface area contributed by atoms with Gasteiger partial charge in [-0.15, -0.1) is 0 Å². The van der Waals surface area contributed by atoms with Crippen molar-refractivity contribution in [1.82, 2.24) is 5.32 Å². The predicted octanol–water partition coefficient (Wildman–Crippen LogP) is 3.39. The maximum absolute atomic E-state index is 5.76. The molecular formula is C16H23NO2S. The Morgan fingerprint density at radius 1 is 1.30 bits per heavy atom. The van der Waals surface area contributed by atoms with Crippen LogP contribution in [-0.4, -0.2) is 31.3 Å². The predicted molar refractivity (Wildman–Crippen MR) is 83.9 cm³/mol. The molecule has 1 aliphatic carbocycles. The Morgan fingerprint density at radius 3 is 2.95 bits per heavy atom. The second kappa shape index (κ2) is 6.27. The molecule has 0 aromatic heterocycles. The molecule has 3 atom stereocenters. The first-order valence-electron chi connectivity index (χ1n) is 7.39. The van der Waals surface area contributed by atoms with E-state index in [4.69, 9.17) is 9.47 Å². The van der Waals surface area contributed by atoms with Gasteiger partial charge in [-0.2, -0.15) is 11.8 Å². The summed E-state index contributed by atoms with van der Waals surface area (Å²) in [6, 6.07) is 7.17. The van der Waals surface area contributed by atoms with E-state index in [9.17, 15) is 0 Å². The normalized spacial score (nSPS) is 28.8. The van der Waals surface area contributed by atoms with Crippen molar-refractivity contribution in [3.8, 4) is 11.5 Å². The summed E-state index contributed by atoms with van der Waals surface area (Å²) < 4.78 is 11.1. The molecule has 20 heavy (non-hydrogen) atoms. The van der Waals surface area contributed by atoms with E-state index in [0.717, 1.165) is 29.8 Å². The Balaban J connectivity index is 1.72. The zero-order chi connectivity index (χ0) is 13.9. The molecule has 0 bridgehead atoms. The number of methoxy groups -OCH3 is 1. The summed E-state index contributed by atoms with van der Waals surface area (Å²) >= 11 is 2.01. The Morgan fingerprint density at radius 2 is 2.20 bits per heavy atom. The van der Waals surface area contributed by atoms with Crippen LogP contribution in [0.2, 0.25) is 0 Å². The van der Waals surface area contributed by atoms with Gasteiger partial charge in [-0.3, -0.25) is 0 Å². The van der Waals surface area contributed by atoms with Crippen molar-refractivity contribution < 1.29 is 9.47 Å². The van der Waals surface area contributed by atoms with Gasteiger partial charge in [-0.05, 0) is 43.7 Å². The molecule has 1 saturated carbocycles. The van der Waals surface area contributed by atoms with Crippen LogP contribution in [0, 0.1) is 0 Å². The molecule has 1 N–H and O–H groups in total. The van der Waals surface area contributed by atoms with Crippen LogP contribution < -0.4 is 14.8 Å². The number of hydrogen-bond donors (Lipinski definition) is 1. The maximum Gasteiger partial charge on any atom is 0.124 e. The molecule has 0 spiro atoms. The molecule has 0 radical (unpaired) electrons. The van der Waals surface area contributed by atoms with Crippen molar-refractivity contribution in [3.05, 3.63) is 23.8 Å². The van der Waals surface area contributed by atoms with Gasteiger partial charge in [0.1, 0.15) is 11.5 Å². The number of hydrogen-bond acceptors (Lipinski definition) is 4. The number of rotatable bonds is 4. The van der Waals surface area contributed by atoms with E-state index >= 15 is 0 Å². The first-order valence-corrected chi connectivity index (χ1v) is 8.68. The van der Waals surface area contributed by atoms with Gasteiger partial charge >= 0.3 is 0 Å². The highest BCUT2D eigenvalue weighted by molar-refractivity contribution is 7.99. The Hall–Kier alpha value is -0.870. The molecule has 1 aromatic carbocycles. The lowest BCUT2D eigenvalue weighted by Crippen LogP contribution is -2.34. The summed E-state index contributed by atoms with van der Waals surface area (Å²) in [5.74, 6) is 1.92. The van der Waals surface area contributed by atoms with E-state index in [1.165, 1.54) is 24.8 Å². The van der Waals surface area contributed by atoms with Crippen LogP contribution in [0.1, 0.15) is 37.3 Å². The van der Waals surface area contributed by atoms with Crippen molar-refractivity contribution in [3.63, 3.8) is 0 Å². The second-order valence-corrected chi connectivity index (χ2v) is 6.77. The largest absolute Gasteiger partial charge is 0.497 e. The van der Waals surface area contributed by atoms with Crippen LogP contribution in [0.5, 0.6) is 11.5 Å². The summed E-state index contributed by atoms with van der Waals surface area (Å²) in [5.41, 5.74) is 1.25. The molecule has 3 nitrogen and oxygen atoms in total. The summed E-state index contributed by atoms with van der Waals surface area (Å²) in [5, 5.41) is 4.67. The van der Waals surface area contributed by atoms with Gasteiger partial charge in [0, 0.05) is 29.3 Å². The van der Waals surface area contributed by atoms with Crippen LogP contribution in [0.4, 0.5) is 0 Å². The smallest absolute Gasteiger partial charge is 0.124 e. The van der Waals surface area contributed by atoms with Crippen LogP contribution in [-0.2, 0) is 0 Å². The molecule has 3 rings (SSSR count). The van der Waals surface area contributed by atoms with E-state index in [0.29, 0.717) is 12.1 Å². The molecule has 3 unspecified atom stereocenters. The molecule has 110 valence electrons. The van der Waals surface area contributed by atoms with Gasteiger partial charge in [0.05, 0.1) is 13.7 Å². The highest BCUT2D eigenvalue weighted by Gasteiger charge is 2.29. The van der Waals surface area contributed by atoms with Crippen molar-refractivity contribution in [1.29, 1.82) is 0 Å². The van der Waals surface area contributed by atoms with Crippen LogP contribution in [0.15, 0.2) is 18.2 Å². The SMILES string of the molecule is COc1ccc2c(c1)C(NC1CCC(SC)C1)CCO2. The molecule has 2 aliphatic rings. The zero-order valence-corrected chi connectivity index (χ0v) is 13.0. The van der Waals surface area contributed by atoms with Gasteiger partial charge < -0.3 is 14.8 Å². The highest BCUT2D eigenvalue weighted by atomic mass is 32.2. The molecule has 0 amide bonds. The zero-order valence-electron chi connectivity index (χ0n) is 12.2. The summed E-state index contributed by atoms with van der Waals surface area (Å²) in [7, 11) is 1.72. The third kappa shape index (κ3) is 2.91. The van der Waals surface area contributed by atoms with E-state index in [1.807, 2.05) is 23.9 Å². The molecule has 1 aliphatic heterocycles. The van der Waals surface area contributed by atoms with Gasteiger partial charge in [-0.25, -0.2) is 0 Å². The lowest BCUT2D eigenvalue weighted by Gasteiger charge is -2.29. The minimum Gasteiger partial charge on any atom is -0.497 e. The fourth-order valence-electron chi connectivity index (χ4n) is 3.26. The topological polar surface area (TPSA) is 30.5 Å². The minimum absolute atomic E-state index is 0.402. The van der Waals surface area contributed by atoms with Crippen LogP contribution in [0.25, 0.3) is 0 Å². The molecule has 4 heteroatoms. The van der Waals surface area contributed by atoms with E-state index < -0.39 is 0 Å². The van der Waals surface area contributed by atoms with Gasteiger partial charge in [0.25, 0.3) is 0 Å². The highest BCUT2D eigenvalue weighted by Crippen LogP contribution is 2.37. The van der Waals surface area contributed by atoms with Crippen molar-refractivity contribution in [2.45, 2.75) is 43.0 Å². The fourth-order valence-corrected chi connectivity index (χ4v) is 4.06. The molecule has 1 aromatic rings. The lowest BCUT2D eigenvalue weighted by molar-refractivity contribution is 0.243. The Bertz CT molecular complexity index is 466. The fraction of sp³-hybridized carbons (Fsp3) is 0.625. The Labute approximate surface area is 125 Å². The summed E-state index contributed by atoms with van der Waals surface area (Å²) in [6.07, 6.45) is 7.19. The summed E-state index contributed by atoms with van der Waals surface area (Å²) in [4.78, 5) is 0. The average Bonchev–Trinajstić information content (AvgIpc) is 2.95. The average molecular weight is 293 g/mol. The number of benzene rings is 1. The number of ether oxygens (including phenoxy) is 2. The third-order valence-electron chi connectivity index (χ3n) is 4.41. The van der Waals surface area contributed by atoms with Gasteiger partial charge in [0.2, 0.25) is 0 Å². The number of fused-ring (bicyclic) bond motifs is 1. The first kappa shape index (κ1) is 14.1. The minimum atomic E-state index is 0.402. The number of nitrogens with one attached hydrogen (secondary N) is 1. The maximum atomic E-state index is 5.76. The second-order valence-electron chi connectivity index (χ2n) is 5.63. The lowest BCUT2D eigenvalue weighted by atomic mass is 9.99. The molecular weight excluding hydrogens is 270 g/mol. The van der Waals surface area contributed by atoms with E-state index in [-0.39, 0.29) is 0 Å². The van der Waals surface area contributed by atoms with Crippen molar-refractivity contribution in [2.24, 2.45) is 0 Å². The first-order chi connectivity index (χ1) is 9.80. The van der Waals surface area contributed by atoms with Crippen LogP contribution >= 0.6 is 11.8 Å². The Kier molecular flexibility index (Phi) is 4.41. The number of thioether (sulfide) groups is 1. The third-order valence-corrected chi connectivity index (χ3v) is 5.51. The van der Waals surface area contributed by atoms with Gasteiger partial charge in [-0.1, -0.05) is 0 Å². The molecule has 0 saturated heterocycles. The monoisotopic (exact) mass is 293 g/mol. The molecule has 1 fully saturated rings. The van der Waals surface area contributed by atoms with Gasteiger partial charge in [0.15, 0.2) is 0 Å². The van der Waals surface area contributed by atoms with Crippen molar-refractivity contribution in [2.75, 3.05) is 20.0 Å². The standard InChI is InChI=1S/C16H23NO2S/c1-18-12-4-6-16-14(10-12)15(7-8-19-16)17-11-3-5-13(9-11)20-2/h4,6,10-11,13,15,17H,3,5,7-9H2,1-2H3.